The summed E-state index contributed by atoms with van der Waals surface area (Å²) in [4.78, 5) is 25.7. The predicted molar refractivity (Wildman–Crippen MR) is 173 cm³/mol. The number of carbonyl (C=O) groups is 1. The van der Waals surface area contributed by atoms with Crippen LogP contribution in [-0.4, -0.2) is 61.6 Å². The number of anilines is 1. The van der Waals surface area contributed by atoms with E-state index in [1.807, 2.05) is 40.0 Å². The molecule has 0 spiro atoms. The van der Waals surface area contributed by atoms with E-state index >= 15 is 0 Å². The molecule has 0 unspecified atom stereocenters. The van der Waals surface area contributed by atoms with Gasteiger partial charge in [0.15, 0.2) is 11.8 Å². The minimum atomic E-state index is -1.21. The zero-order valence-corrected chi connectivity index (χ0v) is 27.0. The van der Waals surface area contributed by atoms with Crippen molar-refractivity contribution in [1.29, 1.82) is 0 Å². The molecular formula is C34H41N5O4S. The van der Waals surface area contributed by atoms with Gasteiger partial charge in [0, 0.05) is 42.3 Å². The normalized spacial score (nSPS) is 18.7. The molecule has 232 valence electrons. The molecule has 6 heterocycles. The van der Waals surface area contributed by atoms with Crippen LogP contribution < -0.4 is 4.90 Å². The lowest BCUT2D eigenvalue weighted by Crippen LogP contribution is -2.45. The van der Waals surface area contributed by atoms with E-state index in [1.54, 1.807) is 15.9 Å². The Kier molecular flexibility index (Phi) is 8.34. The van der Waals surface area contributed by atoms with Gasteiger partial charge in [0.2, 0.25) is 0 Å². The van der Waals surface area contributed by atoms with E-state index in [9.17, 15) is 9.90 Å². The van der Waals surface area contributed by atoms with Crippen LogP contribution in [0.15, 0.2) is 48.7 Å². The van der Waals surface area contributed by atoms with Crippen molar-refractivity contribution in [3.8, 4) is 10.7 Å². The number of benzene rings is 1. The number of hydrogen-bond acceptors (Lipinski definition) is 8. The van der Waals surface area contributed by atoms with E-state index in [2.05, 4.69) is 48.2 Å². The van der Waals surface area contributed by atoms with E-state index in [0.717, 1.165) is 42.0 Å². The number of carboxylic acid groups (broad SMARTS) is 1. The lowest BCUT2D eigenvalue weighted by molar-refractivity contribution is -0.160. The third-order valence-corrected chi connectivity index (χ3v) is 9.34. The minimum absolute atomic E-state index is 0.282. The quantitative estimate of drug-likeness (QED) is 0.258. The topological polar surface area (TPSA) is 102 Å². The molecular weight excluding hydrogens is 574 g/mol. The first-order chi connectivity index (χ1) is 21.0. The van der Waals surface area contributed by atoms with E-state index in [0.29, 0.717) is 48.1 Å². The van der Waals surface area contributed by atoms with Crippen molar-refractivity contribution in [2.45, 2.75) is 84.0 Å². The fourth-order valence-corrected chi connectivity index (χ4v) is 6.94. The fraction of sp³-hybridized carbons (Fsp3) is 0.471. The van der Waals surface area contributed by atoms with Gasteiger partial charge in [-0.3, -0.25) is 0 Å². The molecule has 3 aliphatic rings. The molecule has 1 N–H and O–H groups in total. The van der Waals surface area contributed by atoms with Crippen LogP contribution in [0, 0.1) is 6.92 Å². The van der Waals surface area contributed by atoms with Crippen LogP contribution in [0.4, 0.5) is 5.82 Å². The van der Waals surface area contributed by atoms with Gasteiger partial charge >= 0.3 is 5.97 Å². The number of allylic oxidation sites excluding steroid dienone is 1. The maximum Gasteiger partial charge on any atom is 0.337 e. The van der Waals surface area contributed by atoms with Crippen LogP contribution in [0.25, 0.3) is 16.3 Å². The Morgan fingerprint density at radius 1 is 1.16 bits per heavy atom. The molecule has 0 amide bonds. The first-order valence-electron chi connectivity index (χ1n) is 15.4. The van der Waals surface area contributed by atoms with Crippen LogP contribution in [0.5, 0.6) is 0 Å². The second-order valence-electron chi connectivity index (χ2n) is 13.1. The molecule has 1 fully saturated rings. The molecule has 3 aliphatic heterocycles. The van der Waals surface area contributed by atoms with E-state index in [1.165, 1.54) is 11.1 Å². The largest absolute Gasteiger partial charge is 0.479 e. The van der Waals surface area contributed by atoms with Gasteiger partial charge in [-0.25, -0.2) is 14.8 Å². The highest BCUT2D eigenvalue weighted by molar-refractivity contribution is 7.15. The number of ether oxygens (including phenoxy) is 2. The minimum Gasteiger partial charge on any atom is -0.479 e. The van der Waals surface area contributed by atoms with Gasteiger partial charge in [0.05, 0.1) is 23.4 Å². The third-order valence-electron chi connectivity index (χ3n) is 8.32. The number of hydrogen-bond donors (Lipinski definition) is 1. The highest BCUT2D eigenvalue weighted by Gasteiger charge is 2.37. The highest BCUT2D eigenvalue weighted by atomic mass is 32.1. The van der Waals surface area contributed by atoms with E-state index in [4.69, 9.17) is 24.5 Å². The molecule has 10 heteroatoms. The molecule has 0 saturated carbocycles. The lowest BCUT2D eigenvalue weighted by Gasteiger charge is -2.41. The van der Waals surface area contributed by atoms with Crippen molar-refractivity contribution in [1.82, 2.24) is 19.6 Å². The number of piperidine rings is 1. The first-order valence-corrected chi connectivity index (χ1v) is 16.2. The maximum atomic E-state index is 12.7. The van der Waals surface area contributed by atoms with Crippen LogP contribution in [0.2, 0.25) is 0 Å². The smallest absolute Gasteiger partial charge is 0.337 e. The Bertz CT molecular complexity index is 1690. The van der Waals surface area contributed by atoms with Crippen LogP contribution in [0.1, 0.15) is 80.3 Å². The Balaban J connectivity index is 1.47. The zero-order chi connectivity index (χ0) is 31.1. The number of thiazole rings is 1. The second-order valence-corrected chi connectivity index (χ2v) is 14.2. The molecule has 8 bridgehead atoms. The molecule has 44 heavy (non-hydrogen) atoms. The third kappa shape index (κ3) is 6.57. The van der Waals surface area contributed by atoms with Crippen LogP contribution in [-0.2, 0) is 27.1 Å². The van der Waals surface area contributed by atoms with Gasteiger partial charge in [-0.1, -0.05) is 36.4 Å². The number of nitrogens with zero attached hydrogens (tertiary/aromatic N) is 5. The molecule has 1 saturated heterocycles. The number of carboxylic acids is 1. The summed E-state index contributed by atoms with van der Waals surface area (Å²) >= 11 is 1.63. The highest BCUT2D eigenvalue weighted by Crippen LogP contribution is 2.38. The summed E-state index contributed by atoms with van der Waals surface area (Å²) in [5.41, 5.74) is 4.12. The van der Waals surface area contributed by atoms with Crippen molar-refractivity contribution in [3.05, 3.63) is 75.9 Å². The summed E-state index contributed by atoms with van der Waals surface area (Å²) < 4.78 is 14.4. The fourth-order valence-electron chi connectivity index (χ4n) is 6.04. The Hall–Kier alpha value is -3.60. The van der Waals surface area contributed by atoms with Crippen molar-refractivity contribution >= 4 is 28.8 Å². The summed E-state index contributed by atoms with van der Waals surface area (Å²) in [6.45, 7) is 11.6. The molecule has 0 aliphatic carbocycles. The van der Waals surface area contributed by atoms with Gasteiger partial charge in [0.1, 0.15) is 16.5 Å². The van der Waals surface area contributed by atoms with Crippen molar-refractivity contribution < 1.29 is 19.4 Å². The molecule has 3 aromatic heterocycles. The number of aliphatic carboxylic acids is 1. The van der Waals surface area contributed by atoms with Gasteiger partial charge in [-0.05, 0) is 71.4 Å². The Labute approximate surface area is 262 Å². The van der Waals surface area contributed by atoms with E-state index in [-0.39, 0.29) is 5.60 Å². The maximum absolute atomic E-state index is 12.7. The molecule has 1 aromatic carbocycles. The predicted octanol–water partition coefficient (Wildman–Crippen LogP) is 6.57. The Morgan fingerprint density at radius 3 is 2.68 bits per heavy atom. The van der Waals surface area contributed by atoms with Crippen LogP contribution in [0.3, 0.4) is 0 Å². The summed E-state index contributed by atoms with van der Waals surface area (Å²) in [6, 6.07) is 10.7. The SMILES string of the molecule is Cc1nc2cc3nn2c(c1[C@H](OC(C)(C)C)C(=O)O)N1CCC(C)(CC1)OC/C=C/CCc1cccc(c1)Cc1cnc-3s1. The second kappa shape index (κ2) is 12.1. The van der Waals surface area contributed by atoms with Gasteiger partial charge in [-0.2, -0.15) is 9.61 Å². The van der Waals surface area contributed by atoms with Gasteiger partial charge < -0.3 is 19.5 Å². The zero-order valence-electron chi connectivity index (χ0n) is 26.2. The molecule has 7 rings (SSSR count). The Morgan fingerprint density at radius 2 is 1.93 bits per heavy atom. The summed E-state index contributed by atoms with van der Waals surface area (Å²) in [5.74, 6) is -0.349. The number of aromatic nitrogens is 4. The lowest BCUT2D eigenvalue weighted by atomic mass is 9.92. The summed E-state index contributed by atoms with van der Waals surface area (Å²) in [6.07, 6.45) is 9.39. The molecule has 0 radical (unpaired) electrons. The van der Waals surface area contributed by atoms with Crippen molar-refractivity contribution in [2.24, 2.45) is 0 Å². The first kappa shape index (κ1) is 30.4. The number of rotatable bonds is 3. The van der Waals surface area contributed by atoms with E-state index < -0.39 is 17.7 Å². The monoisotopic (exact) mass is 615 g/mol. The standard InChI is InChI=1S/C34H41N5O4S/c1-22-28(29(32(40)41)43-33(2,3)4)31-38-15-13-34(5,14-16-38)42-17-8-6-7-10-23-11-9-12-24(18-23)19-25-21-35-30(44-25)26-20-27(36-22)39(31)37-26/h6,8-9,11-12,18,20-21,29H,7,10,13-17,19H2,1-5H3,(H,40,41)/b8-6+/t29-/m0/s1. The average Bonchev–Trinajstić information content (AvgIpc) is 3.60. The number of aryl methyl sites for hydroxylation is 2. The molecule has 9 nitrogen and oxygen atoms in total. The van der Waals surface area contributed by atoms with Gasteiger partial charge in [-0.15, -0.1) is 11.3 Å². The van der Waals surface area contributed by atoms with Gasteiger partial charge in [0.25, 0.3) is 0 Å². The summed E-state index contributed by atoms with van der Waals surface area (Å²) in [5, 5.41) is 16.2. The molecule has 1 atom stereocenters. The van der Waals surface area contributed by atoms with Crippen molar-refractivity contribution in [2.75, 3.05) is 24.6 Å². The summed E-state index contributed by atoms with van der Waals surface area (Å²) in [7, 11) is 0. The van der Waals surface area contributed by atoms with Crippen molar-refractivity contribution in [3.63, 3.8) is 0 Å². The van der Waals surface area contributed by atoms with Crippen LogP contribution >= 0.6 is 11.3 Å². The number of fused-ring (bicyclic) bond motifs is 6. The average molecular weight is 616 g/mol. The molecule has 4 aromatic rings.